The SMILES string of the molecule is C#CCCNCC(O)CN(C)C. The smallest absolute Gasteiger partial charge is 0.0791 e. The molecule has 0 rings (SSSR count). The maximum Gasteiger partial charge on any atom is 0.0791 e. The second-order valence-corrected chi connectivity index (χ2v) is 3.07. The van der Waals surface area contributed by atoms with Gasteiger partial charge in [-0.25, -0.2) is 0 Å². The summed E-state index contributed by atoms with van der Waals surface area (Å²) in [5.74, 6) is 2.53. The van der Waals surface area contributed by atoms with Crippen LogP contribution in [0.4, 0.5) is 0 Å². The quantitative estimate of drug-likeness (QED) is 0.417. The van der Waals surface area contributed by atoms with Gasteiger partial charge < -0.3 is 15.3 Å². The third-order valence-corrected chi connectivity index (χ3v) is 1.40. The molecule has 0 aliphatic heterocycles. The zero-order valence-corrected chi connectivity index (χ0v) is 7.88. The summed E-state index contributed by atoms with van der Waals surface area (Å²) >= 11 is 0. The number of hydrogen-bond acceptors (Lipinski definition) is 3. The number of terminal acetylenes is 1. The second kappa shape index (κ2) is 7.11. The molecule has 0 bridgehead atoms. The van der Waals surface area contributed by atoms with Crippen molar-refractivity contribution in [2.24, 2.45) is 0 Å². The number of nitrogens with zero attached hydrogens (tertiary/aromatic N) is 1. The van der Waals surface area contributed by atoms with Crippen molar-refractivity contribution in [1.82, 2.24) is 10.2 Å². The highest BCUT2D eigenvalue weighted by Crippen LogP contribution is 1.83. The van der Waals surface area contributed by atoms with Gasteiger partial charge in [0.05, 0.1) is 6.10 Å². The standard InChI is InChI=1S/C9H18N2O/c1-4-5-6-10-7-9(12)8-11(2)3/h1,9-10,12H,5-8H2,2-3H3. The average molecular weight is 170 g/mol. The van der Waals surface area contributed by atoms with Crippen LogP contribution in [0, 0.1) is 12.3 Å². The van der Waals surface area contributed by atoms with Gasteiger partial charge in [-0.3, -0.25) is 0 Å². The summed E-state index contributed by atoms with van der Waals surface area (Å²) in [4.78, 5) is 1.95. The summed E-state index contributed by atoms with van der Waals surface area (Å²) in [6, 6.07) is 0. The van der Waals surface area contributed by atoms with Crippen LogP contribution in [-0.2, 0) is 0 Å². The van der Waals surface area contributed by atoms with E-state index in [0.717, 1.165) is 6.54 Å². The molecule has 12 heavy (non-hydrogen) atoms. The predicted molar refractivity (Wildman–Crippen MR) is 50.9 cm³/mol. The topological polar surface area (TPSA) is 35.5 Å². The molecule has 0 radical (unpaired) electrons. The number of likely N-dealkylation sites (N-methyl/N-ethyl adjacent to an activating group) is 1. The third-order valence-electron chi connectivity index (χ3n) is 1.40. The highest BCUT2D eigenvalue weighted by Gasteiger charge is 2.03. The molecule has 0 saturated heterocycles. The van der Waals surface area contributed by atoms with Crippen molar-refractivity contribution in [1.29, 1.82) is 0 Å². The normalized spacial score (nSPS) is 12.9. The van der Waals surface area contributed by atoms with E-state index in [1.54, 1.807) is 0 Å². The Morgan fingerprint density at radius 2 is 2.25 bits per heavy atom. The van der Waals surface area contributed by atoms with Crippen LogP contribution in [0.2, 0.25) is 0 Å². The van der Waals surface area contributed by atoms with Crippen LogP contribution in [0.1, 0.15) is 6.42 Å². The second-order valence-electron chi connectivity index (χ2n) is 3.07. The molecule has 0 aromatic heterocycles. The molecule has 0 aliphatic rings. The first-order chi connectivity index (χ1) is 5.66. The van der Waals surface area contributed by atoms with Crippen LogP contribution in [0.15, 0.2) is 0 Å². The van der Waals surface area contributed by atoms with Crippen molar-refractivity contribution < 1.29 is 5.11 Å². The lowest BCUT2D eigenvalue weighted by Gasteiger charge is -2.15. The maximum absolute atomic E-state index is 9.36. The molecule has 1 atom stereocenters. The molecule has 0 spiro atoms. The Morgan fingerprint density at radius 1 is 1.58 bits per heavy atom. The molecule has 0 saturated carbocycles. The van der Waals surface area contributed by atoms with E-state index < -0.39 is 0 Å². The van der Waals surface area contributed by atoms with Gasteiger partial charge >= 0.3 is 0 Å². The van der Waals surface area contributed by atoms with Crippen LogP contribution in [0.5, 0.6) is 0 Å². The van der Waals surface area contributed by atoms with Crippen molar-refractivity contribution in [3.63, 3.8) is 0 Å². The molecule has 0 aliphatic carbocycles. The van der Waals surface area contributed by atoms with Gasteiger partial charge in [-0.1, -0.05) is 0 Å². The summed E-state index contributed by atoms with van der Waals surface area (Å²) in [5.41, 5.74) is 0. The zero-order valence-electron chi connectivity index (χ0n) is 7.88. The third kappa shape index (κ3) is 7.55. The number of hydrogen-bond donors (Lipinski definition) is 2. The minimum atomic E-state index is -0.308. The minimum Gasteiger partial charge on any atom is -0.390 e. The lowest BCUT2D eigenvalue weighted by Crippen LogP contribution is -2.35. The van der Waals surface area contributed by atoms with E-state index >= 15 is 0 Å². The Morgan fingerprint density at radius 3 is 2.75 bits per heavy atom. The van der Waals surface area contributed by atoms with E-state index in [-0.39, 0.29) is 6.10 Å². The lowest BCUT2D eigenvalue weighted by atomic mass is 10.3. The summed E-state index contributed by atoms with van der Waals surface area (Å²) < 4.78 is 0. The molecule has 3 nitrogen and oxygen atoms in total. The largest absolute Gasteiger partial charge is 0.390 e. The Bertz CT molecular complexity index is 140. The summed E-state index contributed by atoms with van der Waals surface area (Å²) in [5, 5.41) is 12.4. The predicted octanol–water partition coefficient (Wildman–Crippen LogP) is -0.478. The Labute approximate surface area is 74.8 Å². The Hall–Kier alpha value is -0.560. The van der Waals surface area contributed by atoms with Crippen molar-refractivity contribution >= 4 is 0 Å². The van der Waals surface area contributed by atoms with E-state index in [1.807, 2.05) is 19.0 Å². The first kappa shape index (κ1) is 11.4. The highest BCUT2D eigenvalue weighted by atomic mass is 16.3. The fourth-order valence-corrected chi connectivity index (χ4v) is 0.915. The molecular weight excluding hydrogens is 152 g/mol. The maximum atomic E-state index is 9.36. The number of nitrogens with one attached hydrogen (secondary N) is 1. The summed E-state index contributed by atoms with van der Waals surface area (Å²) in [6.45, 7) is 2.07. The van der Waals surface area contributed by atoms with Crippen molar-refractivity contribution in [3.05, 3.63) is 0 Å². The monoisotopic (exact) mass is 170 g/mol. The minimum absolute atomic E-state index is 0.308. The molecule has 70 valence electrons. The van der Waals surface area contributed by atoms with Gasteiger partial charge in [0, 0.05) is 26.1 Å². The fourth-order valence-electron chi connectivity index (χ4n) is 0.915. The fraction of sp³-hybridized carbons (Fsp3) is 0.778. The number of aliphatic hydroxyl groups excluding tert-OH is 1. The van der Waals surface area contributed by atoms with Crippen LogP contribution < -0.4 is 5.32 Å². The van der Waals surface area contributed by atoms with Gasteiger partial charge in [0.25, 0.3) is 0 Å². The zero-order chi connectivity index (χ0) is 9.40. The van der Waals surface area contributed by atoms with Gasteiger partial charge in [-0.2, -0.15) is 0 Å². The number of aliphatic hydroxyl groups is 1. The molecule has 0 heterocycles. The van der Waals surface area contributed by atoms with Crippen LogP contribution in [-0.4, -0.2) is 49.8 Å². The van der Waals surface area contributed by atoms with E-state index in [9.17, 15) is 5.11 Å². The molecule has 0 aromatic carbocycles. The van der Waals surface area contributed by atoms with E-state index in [4.69, 9.17) is 6.42 Å². The molecule has 3 heteroatoms. The van der Waals surface area contributed by atoms with Crippen LogP contribution in [0.3, 0.4) is 0 Å². The molecule has 0 fully saturated rings. The Balaban J connectivity index is 3.20. The first-order valence-corrected chi connectivity index (χ1v) is 4.13. The van der Waals surface area contributed by atoms with Crippen molar-refractivity contribution in [2.45, 2.75) is 12.5 Å². The highest BCUT2D eigenvalue weighted by molar-refractivity contribution is 4.84. The molecular formula is C9H18N2O. The molecule has 2 N–H and O–H groups in total. The number of rotatable bonds is 6. The first-order valence-electron chi connectivity index (χ1n) is 4.13. The van der Waals surface area contributed by atoms with E-state index in [2.05, 4.69) is 11.2 Å². The average Bonchev–Trinajstić information content (AvgIpc) is 1.97. The molecule has 0 amide bonds. The molecule has 0 aromatic rings. The summed E-state index contributed by atoms with van der Waals surface area (Å²) in [6.07, 6.45) is 5.47. The van der Waals surface area contributed by atoms with E-state index in [1.165, 1.54) is 0 Å². The van der Waals surface area contributed by atoms with Gasteiger partial charge in [0.1, 0.15) is 0 Å². The molecule has 1 unspecified atom stereocenters. The van der Waals surface area contributed by atoms with Gasteiger partial charge in [-0.05, 0) is 14.1 Å². The van der Waals surface area contributed by atoms with Crippen LogP contribution >= 0.6 is 0 Å². The summed E-state index contributed by atoms with van der Waals surface area (Å²) in [7, 11) is 3.87. The van der Waals surface area contributed by atoms with Gasteiger partial charge in [-0.15, -0.1) is 12.3 Å². The lowest BCUT2D eigenvalue weighted by molar-refractivity contribution is 0.135. The van der Waals surface area contributed by atoms with Gasteiger partial charge in [0.2, 0.25) is 0 Å². The van der Waals surface area contributed by atoms with E-state index in [0.29, 0.717) is 19.5 Å². The Kier molecular flexibility index (Phi) is 6.78. The van der Waals surface area contributed by atoms with Crippen LogP contribution in [0.25, 0.3) is 0 Å². The van der Waals surface area contributed by atoms with Crippen molar-refractivity contribution in [3.8, 4) is 12.3 Å². The van der Waals surface area contributed by atoms with Gasteiger partial charge in [0.15, 0.2) is 0 Å². The van der Waals surface area contributed by atoms with Crippen molar-refractivity contribution in [2.75, 3.05) is 33.7 Å².